The van der Waals surface area contributed by atoms with Gasteiger partial charge in [-0.05, 0) is 23.8 Å². The smallest absolute Gasteiger partial charge is 0.352 e. The fourth-order valence-electron chi connectivity index (χ4n) is 2.51. The van der Waals surface area contributed by atoms with E-state index < -0.39 is 5.97 Å². The number of para-hydroxylation sites is 1. The van der Waals surface area contributed by atoms with Crippen molar-refractivity contribution in [2.75, 3.05) is 0 Å². The number of aryl methyl sites for hydroxylation is 1. The van der Waals surface area contributed by atoms with E-state index in [9.17, 15) is 9.90 Å². The van der Waals surface area contributed by atoms with Crippen molar-refractivity contribution in [1.82, 2.24) is 4.57 Å². The Morgan fingerprint density at radius 2 is 1.90 bits per heavy atom. The van der Waals surface area contributed by atoms with E-state index in [0.29, 0.717) is 5.02 Å². The van der Waals surface area contributed by atoms with Gasteiger partial charge in [0.25, 0.3) is 0 Å². The molecular weight excluding hydrogens is 274 g/mol. The van der Waals surface area contributed by atoms with Crippen LogP contribution in [0.2, 0.25) is 5.02 Å². The third kappa shape index (κ3) is 1.96. The Balaban J connectivity index is 2.34. The maximum Gasteiger partial charge on any atom is 0.352 e. The van der Waals surface area contributed by atoms with E-state index in [1.165, 1.54) is 0 Å². The molecule has 0 saturated heterocycles. The third-order valence-electron chi connectivity index (χ3n) is 3.41. The Kier molecular flexibility index (Phi) is 2.99. The molecule has 0 aliphatic carbocycles. The van der Waals surface area contributed by atoms with E-state index in [1.54, 1.807) is 17.7 Å². The zero-order valence-corrected chi connectivity index (χ0v) is 11.6. The Bertz CT molecular complexity index is 820. The topological polar surface area (TPSA) is 42.2 Å². The average Bonchev–Trinajstić information content (AvgIpc) is 2.76. The number of halogens is 1. The number of aromatic nitrogens is 1. The van der Waals surface area contributed by atoms with E-state index in [-0.39, 0.29) is 5.69 Å². The van der Waals surface area contributed by atoms with Crippen molar-refractivity contribution in [2.24, 2.45) is 7.05 Å². The lowest BCUT2D eigenvalue weighted by molar-refractivity contribution is 0.0687. The number of fused-ring (bicyclic) bond motifs is 1. The van der Waals surface area contributed by atoms with E-state index in [4.69, 9.17) is 11.6 Å². The highest BCUT2D eigenvalue weighted by Gasteiger charge is 2.15. The summed E-state index contributed by atoms with van der Waals surface area (Å²) in [5.74, 6) is -0.930. The molecule has 0 amide bonds. The molecule has 100 valence electrons. The number of aromatic carboxylic acids is 1. The molecule has 0 fully saturated rings. The second kappa shape index (κ2) is 4.69. The molecule has 4 heteroatoms. The van der Waals surface area contributed by atoms with Crippen LogP contribution in [0.3, 0.4) is 0 Å². The number of hydrogen-bond acceptors (Lipinski definition) is 1. The van der Waals surface area contributed by atoms with Crippen LogP contribution in [0.15, 0.2) is 48.5 Å². The van der Waals surface area contributed by atoms with Crippen molar-refractivity contribution >= 4 is 28.5 Å². The molecule has 1 aromatic heterocycles. The number of benzene rings is 2. The molecule has 0 bridgehead atoms. The average molecular weight is 286 g/mol. The van der Waals surface area contributed by atoms with Crippen LogP contribution < -0.4 is 0 Å². The van der Waals surface area contributed by atoms with E-state index >= 15 is 0 Å². The highest BCUT2D eigenvalue weighted by atomic mass is 35.5. The SMILES string of the molecule is Cn1c(C(=O)O)cc2cccc(-c3cccc(Cl)c3)c21. The molecular formula is C16H12ClNO2. The number of hydrogen-bond donors (Lipinski definition) is 1. The fraction of sp³-hybridized carbons (Fsp3) is 0.0625. The summed E-state index contributed by atoms with van der Waals surface area (Å²) in [5.41, 5.74) is 3.11. The molecule has 2 aromatic carbocycles. The lowest BCUT2D eigenvalue weighted by Crippen LogP contribution is -2.04. The highest BCUT2D eigenvalue weighted by molar-refractivity contribution is 6.30. The van der Waals surface area contributed by atoms with E-state index in [0.717, 1.165) is 22.0 Å². The zero-order chi connectivity index (χ0) is 14.3. The van der Waals surface area contributed by atoms with Crippen molar-refractivity contribution in [3.63, 3.8) is 0 Å². The van der Waals surface area contributed by atoms with Gasteiger partial charge in [-0.15, -0.1) is 0 Å². The van der Waals surface area contributed by atoms with Crippen LogP contribution >= 0.6 is 11.6 Å². The molecule has 3 nitrogen and oxygen atoms in total. The summed E-state index contributed by atoms with van der Waals surface area (Å²) in [6, 6.07) is 15.0. The molecule has 0 aliphatic rings. The maximum atomic E-state index is 11.3. The van der Waals surface area contributed by atoms with Gasteiger partial charge >= 0.3 is 5.97 Å². The second-order valence-electron chi connectivity index (χ2n) is 4.65. The number of carboxylic acid groups (broad SMARTS) is 1. The number of nitrogens with zero attached hydrogens (tertiary/aromatic N) is 1. The Hall–Kier alpha value is -2.26. The lowest BCUT2D eigenvalue weighted by atomic mass is 10.0. The summed E-state index contributed by atoms with van der Waals surface area (Å²) in [6.45, 7) is 0. The van der Waals surface area contributed by atoms with Gasteiger partial charge in [0.1, 0.15) is 5.69 Å². The second-order valence-corrected chi connectivity index (χ2v) is 5.08. The molecule has 0 unspecified atom stereocenters. The van der Waals surface area contributed by atoms with Crippen molar-refractivity contribution < 1.29 is 9.90 Å². The molecule has 1 N–H and O–H groups in total. The zero-order valence-electron chi connectivity index (χ0n) is 10.8. The van der Waals surface area contributed by atoms with Gasteiger partial charge in [-0.3, -0.25) is 0 Å². The number of rotatable bonds is 2. The van der Waals surface area contributed by atoms with Crippen LogP contribution in [0.5, 0.6) is 0 Å². The molecule has 20 heavy (non-hydrogen) atoms. The summed E-state index contributed by atoms with van der Waals surface area (Å²) in [4.78, 5) is 11.3. The largest absolute Gasteiger partial charge is 0.477 e. The first-order valence-electron chi connectivity index (χ1n) is 6.15. The van der Waals surface area contributed by atoms with Gasteiger partial charge in [-0.2, -0.15) is 0 Å². The summed E-state index contributed by atoms with van der Waals surface area (Å²) < 4.78 is 1.70. The first-order chi connectivity index (χ1) is 9.58. The minimum atomic E-state index is -0.930. The van der Waals surface area contributed by atoms with Crippen molar-refractivity contribution in [2.45, 2.75) is 0 Å². The van der Waals surface area contributed by atoms with Crippen LogP contribution in [0.25, 0.3) is 22.0 Å². The Morgan fingerprint density at radius 1 is 1.15 bits per heavy atom. The molecule has 1 heterocycles. The van der Waals surface area contributed by atoms with Crippen LogP contribution in [0.1, 0.15) is 10.5 Å². The molecule has 3 rings (SSSR count). The standard InChI is InChI=1S/C16H12ClNO2/c1-18-14(16(19)20)9-11-5-3-7-13(15(11)18)10-4-2-6-12(17)8-10/h2-9H,1H3,(H,19,20). The molecule has 0 saturated carbocycles. The monoisotopic (exact) mass is 285 g/mol. The summed E-state index contributed by atoms with van der Waals surface area (Å²) in [5, 5.41) is 10.8. The van der Waals surface area contributed by atoms with Crippen molar-refractivity contribution in [3.05, 3.63) is 59.2 Å². The lowest BCUT2D eigenvalue weighted by Gasteiger charge is -2.07. The van der Waals surface area contributed by atoms with Crippen LogP contribution in [-0.4, -0.2) is 15.6 Å². The maximum absolute atomic E-state index is 11.3. The number of carboxylic acids is 1. The van der Waals surface area contributed by atoms with E-state index in [2.05, 4.69) is 0 Å². The normalized spacial score (nSPS) is 10.9. The highest BCUT2D eigenvalue weighted by Crippen LogP contribution is 2.31. The summed E-state index contributed by atoms with van der Waals surface area (Å²) in [7, 11) is 1.76. The summed E-state index contributed by atoms with van der Waals surface area (Å²) in [6.07, 6.45) is 0. The van der Waals surface area contributed by atoms with Gasteiger partial charge in [0.05, 0.1) is 5.52 Å². The minimum Gasteiger partial charge on any atom is -0.477 e. The summed E-state index contributed by atoms with van der Waals surface area (Å²) >= 11 is 6.04. The van der Waals surface area contributed by atoms with Crippen LogP contribution in [0, 0.1) is 0 Å². The third-order valence-corrected chi connectivity index (χ3v) is 3.65. The fourth-order valence-corrected chi connectivity index (χ4v) is 2.70. The van der Waals surface area contributed by atoms with Crippen molar-refractivity contribution in [1.29, 1.82) is 0 Å². The predicted octanol–water partition coefficient (Wildman–Crippen LogP) is 4.20. The van der Waals surface area contributed by atoms with Gasteiger partial charge in [0.15, 0.2) is 0 Å². The van der Waals surface area contributed by atoms with Gasteiger partial charge in [0, 0.05) is 23.0 Å². The predicted molar refractivity (Wildman–Crippen MR) is 80.3 cm³/mol. The first kappa shape index (κ1) is 12.8. The molecule has 0 atom stereocenters. The number of carbonyl (C=O) groups is 1. The first-order valence-corrected chi connectivity index (χ1v) is 6.53. The quantitative estimate of drug-likeness (QED) is 0.767. The molecule has 0 spiro atoms. The van der Waals surface area contributed by atoms with Gasteiger partial charge < -0.3 is 9.67 Å². The van der Waals surface area contributed by atoms with Crippen LogP contribution in [0.4, 0.5) is 0 Å². The van der Waals surface area contributed by atoms with E-state index in [1.807, 2.05) is 42.5 Å². The van der Waals surface area contributed by atoms with Gasteiger partial charge in [0.2, 0.25) is 0 Å². The minimum absolute atomic E-state index is 0.273. The van der Waals surface area contributed by atoms with Gasteiger partial charge in [-0.1, -0.05) is 41.9 Å². The van der Waals surface area contributed by atoms with Crippen molar-refractivity contribution in [3.8, 4) is 11.1 Å². The molecule has 0 radical (unpaired) electrons. The Labute approximate surface area is 121 Å². The Morgan fingerprint density at radius 3 is 2.60 bits per heavy atom. The molecule has 0 aliphatic heterocycles. The van der Waals surface area contributed by atoms with Crippen LogP contribution in [-0.2, 0) is 7.05 Å². The van der Waals surface area contributed by atoms with Gasteiger partial charge in [-0.25, -0.2) is 4.79 Å². The molecule has 3 aromatic rings.